The molecular formula is C14H10F3NO4S. The van der Waals surface area contributed by atoms with Gasteiger partial charge in [-0.1, -0.05) is 6.07 Å². The van der Waals surface area contributed by atoms with Crippen molar-refractivity contribution in [3.05, 3.63) is 59.7 Å². The minimum absolute atomic E-state index is 0.0322. The van der Waals surface area contributed by atoms with E-state index in [1.807, 2.05) is 0 Å². The summed E-state index contributed by atoms with van der Waals surface area (Å²) in [7, 11) is -4.42. The van der Waals surface area contributed by atoms with Crippen LogP contribution in [0.1, 0.15) is 15.9 Å². The van der Waals surface area contributed by atoms with E-state index < -0.39 is 32.7 Å². The van der Waals surface area contributed by atoms with E-state index in [-0.39, 0.29) is 11.3 Å². The normalized spacial score (nSPS) is 12.0. The highest BCUT2D eigenvalue weighted by Gasteiger charge is 2.30. The maximum absolute atomic E-state index is 12.4. The number of rotatable bonds is 3. The SMILES string of the molecule is O=C(Nc1cccc(S(=O)(=O)O)c1)c1ccc(C(F)(F)F)cc1. The van der Waals surface area contributed by atoms with Crippen molar-refractivity contribution in [2.75, 3.05) is 5.32 Å². The molecule has 2 N–H and O–H groups in total. The van der Waals surface area contributed by atoms with Crippen molar-refractivity contribution in [3.63, 3.8) is 0 Å². The van der Waals surface area contributed by atoms with E-state index in [0.29, 0.717) is 0 Å². The van der Waals surface area contributed by atoms with Crippen molar-refractivity contribution in [1.29, 1.82) is 0 Å². The molecule has 0 aromatic heterocycles. The summed E-state index contributed by atoms with van der Waals surface area (Å²) in [5.74, 6) is -0.716. The van der Waals surface area contributed by atoms with Gasteiger partial charge in [-0.25, -0.2) is 0 Å². The van der Waals surface area contributed by atoms with Crippen molar-refractivity contribution in [3.8, 4) is 0 Å². The lowest BCUT2D eigenvalue weighted by Gasteiger charge is -2.09. The van der Waals surface area contributed by atoms with E-state index in [1.165, 1.54) is 12.1 Å². The Morgan fingerprint density at radius 2 is 1.65 bits per heavy atom. The van der Waals surface area contributed by atoms with E-state index in [4.69, 9.17) is 4.55 Å². The average Bonchev–Trinajstić information content (AvgIpc) is 2.46. The molecule has 0 heterocycles. The molecule has 2 aromatic rings. The molecule has 122 valence electrons. The van der Waals surface area contributed by atoms with E-state index >= 15 is 0 Å². The van der Waals surface area contributed by atoms with Crippen LogP contribution in [0.3, 0.4) is 0 Å². The summed E-state index contributed by atoms with van der Waals surface area (Å²) >= 11 is 0. The van der Waals surface area contributed by atoms with Gasteiger partial charge in [-0.3, -0.25) is 9.35 Å². The molecule has 5 nitrogen and oxygen atoms in total. The molecule has 2 aromatic carbocycles. The molecule has 0 spiro atoms. The van der Waals surface area contributed by atoms with Crippen molar-refractivity contribution in [1.82, 2.24) is 0 Å². The number of nitrogens with one attached hydrogen (secondary N) is 1. The second-order valence-corrected chi connectivity index (χ2v) is 5.95. The van der Waals surface area contributed by atoms with E-state index in [2.05, 4.69) is 5.32 Å². The summed E-state index contributed by atoms with van der Waals surface area (Å²) < 4.78 is 68.3. The van der Waals surface area contributed by atoms with E-state index in [9.17, 15) is 26.4 Å². The maximum atomic E-state index is 12.4. The third-order valence-corrected chi connectivity index (χ3v) is 3.71. The van der Waals surface area contributed by atoms with Gasteiger partial charge in [0.2, 0.25) is 0 Å². The number of amides is 1. The lowest BCUT2D eigenvalue weighted by Crippen LogP contribution is -2.13. The van der Waals surface area contributed by atoms with Gasteiger partial charge in [-0.15, -0.1) is 0 Å². The Labute approximate surface area is 129 Å². The average molecular weight is 345 g/mol. The van der Waals surface area contributed by atoms with Crippen LogP contribution in [0.2, 0.25) is 0 Å². The van der Waals surface area contributed by atoms with Crippen molar-refractivity contribution in [2.24, 2.45) is 0 Å². The Morgan fingerprint density at radius 1 is 1.04 bits per heavy atom. The summed E-state index contributed by atoms with van der Waals surface area (Å²) in [4.78, 5) is 11.5. The van der Waals surface area contributed by atoms with Crippen LogP contribution in [0.15, 0.2) is 53.4 Å². The molecule has 0 atom stereocenters. The molecule has 0 aliphatic heterocycles. The van der Waals surface area contributed by atoms with Gasteiger partial charge in [-0.05, 0) is 42.5 Å². The second-order valence-electron chi connectivity index (χ2n) is 4.53. The van der Waals surface area contributed by atoms with Crippen molar-refractivity contribution >= 4 is 21.7 Å². The van der Waals surface area contributed by atoms with Gasteiger partial charge in [0.1, 0.15) is 0 Å². The summed E-state index contributed by atoms with van der Waals surface area (Å²) in [5, 5.41) is 2.33. The molecule has 0 aliphatic rings. The first kappa shape index (κ1) is 17.0. The summed E-state index contributed by atoms with van der Waals surface area (Å²) in [6.07, 6.45) is -4.50. The third kappa shape index (κ3) is 4.30. The molecule has 0 aliphatic carbocycles. The Morgan fingerprint density at radius 3 is 2.17 bits per heavy atom. The van der Waals surface area contributed by atoms with Crippen LogP contribution < -0.4 is 5.32 Å². The molecule has 0 fully saturated rings. The smallest absolute Gasteiger partial charge is 0.322 e. The van der Waals surface area contributed by atoms with Crippen LogP contribution >= 0.6 is 0 Å². The molecule has 23 heavy (non-hydrogen) atoms. The number of hydrogen-bond acceptors (Lipinski definition) is 3. The van der Waals surface area contributed by atoms with Gasteiger partial charge in [-0.2, -0.15) is 21.6 Å². The topological polar surface area (TPSA) is 83.5 Å². The number of carbonyl (C=O) groups is 1. The first-order chi connectivity index (χ1) is 10.6. The van der Waals surface area contributed by atoms with Gasteiger partial charge in [0.25, 0.3) is 16.0 Å². The van der Waals surface area contributed by atoms with Gasteiger partial charge in [0, 0.05) is 11.3 Å². The quantitative estimate of drug-likeness (QED) is 0.837. The molecular weight excluding hydrogens is 335 g/mol. The minimum atomic E-state index is -4.50. The molecule has 0 saturated heterocycles. The Balaban J connectivity index is 2.20. The van der Waals surface area contributed by atoms with Crippen LogP contribution in [0.5, 0.6) is 0 Å². The summed E-state index contributed by atoms with van der Waals surface area (Å²) in [6, 6.07) is 8.37. The number of carbonyl (C=O) groups excluding carboxylic acids is 1. The zero-order valence-electron chi connectivity index (χ0n) is 11.3. The number of halogens is 3. The van der Waals surface area contributed by atoms with Crippen LogP contribution in [0.25, 0.3) is 0 Å². The fourth-order valence-corrected chi connectivity index (χ4v) is 2.27. The number of benzene rings is 2. The fourth-order valence-electron chi connectivity index (χ4n) is 1.75. The molecule has 0 radical (unpaired) electrons. The predicted molar refractivity (Wildman–Crippen MR) is 75.7 cm³/mol. The zero-order chi connectivity index (χ0) is 17.3. The monoisotopic (exact) mass is 345 g/mol. The highest BCUT2D eigenvalue weighted by Crippen LogP contribution is 2.29. The molecule has 0 unspecified atom stereocenters. The maximum Gasteiger partial charge on any atom is 0.416 e. The van der Waals surface area contributed by atoms with Gasteiger partial charge in [0.05, 0.1) is 10.5 Å². The molecule has 0 saturated carbocycles. The first-order valence-electron chi connectivity index (χ1n) is 6.13. The minimum Gasteiger partial charge on any atom is -0.322 e. The van der Waals surface area contributed by atoms with E-state index in [1.54, 1.807) is 0 Å². The Hall–Kier alpha value is -2.39. The highest BCUT2D eigenvalue weighted by atomic mass is 32.2. The number of anilines is 1. The largest absolute Gasteiger partial charge is 0.416 e. The molecule has 9 heteroatoms. The zero-order valence-corrected chi connectivity index (χ0v) is 12.1. The molecule has 2 rings (SSSR count). The van der Waals surface area contributed by atoms with Crippen molar-refractivity contribution in [2.45, 2.75) is 11.1 Å². The number of hydrogen-bond donors (Lipinski definition) is 2. The third-order valence-electron chi connectivity index (χ3n) is 2.86. The first-order valence-corrected chi connectivity index (χ1v) is 7.57. The number of alkyl halides is 3. The van der Waals surface area contributed by atoms with Crippen LogP contribution in [-0.4, -0.2) is 18.9 Å². The standard InChI is InChI=1S/C14H10F3NO4S/c15-14(16,17)10-6-4-9(5-7-10)13(19)18-11-2-1-3-12(8-11)23(20,21)22/h1-8H,(H,18,19)(H,20,21,22). The second kappa shape index (κ2) is 6.01. The van der Waals surface area contributed by atoms with Crippen LogP contribution in [0.4, 0.5) is 18.9 Å². The molecule has 0 bridgehead atoms. The Kier molecular flexibility index (Phi) is 4.44. The molecule has 1 amide bonds. The summed E-state index contributed by atoms with van der Waals surface area (Å²) in [5.41, 5.74) is -0.845. The van der Waals surface area contributed by atoms with Crippen LogP contribution in [-0.2, 0) is 16.3 Å². The highest BCUT2D eigenvalue weighted by molar-refractivity contribution is 7.85. The predicted octanol–water partition coefficient (Wildman–Crippen LogP) is 3.20. The lowest BCUT2D eigenvalue weighted by atomic mass is 10.1. The van der Waals surface area contributed by atoms with Crippen LogP contribution in [0, 0.1) is 0 Å². The summed E-state index contributed by atoms with van der Waals surface area (Å²) in [6.45, 7) is 0. The lowest BCUT2D eigenvalue weighted by molar-refractivity contribution is -0.137. The fraction of sp³-hybridized carbons (Fsp3) is 0.0714. The van der Waals surface area contributed by atoms with E-state index in [0.717, 1.165) is 36.4 Å². The van der Waals surface area contributed by atoms with Crippen molar-refractivity contribution < 1.29 is 30.9 Å². The van der Waals surface area contributed by atoms with Gasteiger partial charge < -0.3 is 5.32 Å². The van der Waals surface area contributed by atoms with Gasteiger partial charge in [0.15, 0.2) is 0 Å². The Bertz CT molecular complexity index is 830. The van der Waals surface area contributed by atoms with Gasteiger partial charge >= 0.3 is 6.18 Å².